The van der Waals surface area contributed by atoms with Gasteiger partial charge in [-0.1, -0.05) is 12.1 Å². The van der Waals surface area contributed by atoms with Gasteiger partial charge >= 0.3 is 0 Å². The van der Waals surface area contributed by atoms with Gasteiger partial charge in [0.25, 0.3) is 0 Å². The van der Waals surface area contributed by atoms with Crippen molar-refractivity contribution in [2.75, 3.05) is 13.7 Å². The highest BCUT2D eigenvalue weighted by molar-refractivity contribution is 5.85. The molecule has 0 unspecified atom stereocenters. The predicted octanol–water partition coefficient (Wildman–Crippen LogP) is 1.03. The summed E-state index contributed by atoms with van der Waals surface area (Å²) in [6.07, 6.45) is 0.422. The first-order valence-corrected chi connectivity index (χ1v) is 8.23. The van der Waals surface area contributed by atoms with Crippen LogP contribution >= 0.6 is 12.4 Å². The lowest BCUT2D eigenvalue weighted by atomic mass is 10.0. The summed E-state index contributed by atoms with van der Waals surface area (Å²) in [5.41, 5.74) is 7.03. The molecule has 3 rings (SSSR count). The standard InChI is InChI=1S/C17H23N5O3.ClH/c1-11-8-21(9-15-19-20-16(10-25-2)22(11)15)17(24)14(18)7-12-3-5-13(23)6-4-12;/h3-6,11,14,23H,7-10,18H2,1-2H3;1H/t11-,14-;/m0./s1. The van der Waals surface area contributed by atoms with Gasteiger partial charge in [0.05, 0.1) is 18.6 Å². The molecule has 1 aliphatic rings. The van der Waals surface area contributed by atoms with Crippen LogP contribution in [0.25, 0.3) is 0 Å². The van der Waals surface area contributed by atoms with Gasteiger partial charge in [0.15, 0.2) is 11.6 Å². The Hall–Kier alpha value is -2.16. The van der Waals surface area contributed by atoms with E-state index < -0.39 is 6.04 Å². The number of nitrogens with zero attached hydrogens (tertiary/aromatic N) is 4. The number of phenols is 1. The van der Waals surface area contributed by atoms with Gasteiger partial charge in [-0.2, -0.15) is 0 Å². The molecule has 1 aromatic heterocycles. The smallest absolute Gasteiger partial charge is 0.240 e. The van der Waals surface area contributed by atoms with Gasteiger partial charge in [0.2, 0.25) is 5.91 Å². The van der Waals surface area contributed by atoms with Crippen LogP contribution in [0.2, 0.25) is 0 Å². The lowest BCUT2D eigenvalue weighted by molar-refractivity contribution is -0.134. The Morgan fingerprint density at radius 1 is 1.38 bits per heavy atom. The van der Waals surface area contributed by atoms with Crippen LogP contribution in [0.4, 0.5) is 0 Å². The number of fused-ring (bicyclic) bond motifs is 1. The lowest BCUT2D eigenvalue weighted by Crippen LogP contribution is -2.48. The van der Waals surface area contributed by atoms with Crippen LogP contribution in [0.1, 0.15) is 30.2 Å². The quantitative estimate of drug-likeness (QED) is 0.801. The Morgan fingerprint density at radius 3 is 2.73 bits per heavy atom. The molecule has 2 aromatic rings. The van der Waals surface area contributed by atoms with Gasteiger partial charge in [-0.25, -0.2) is 0 Å². The largest absolute Gasteiger partial charge is 0.508 e. The van der Waals surface area contributed by atoms with Gasteiger partial charge < -0.3 is 25.0 Å². The van der Waals surface area contributed by atoms with Crippen LogP contribution in [0.3, 0.4) is 0 Å². The van der Waals surface area contributed by atoms with Crippen LogP contribution in [0.15, 0.2) is 24.3 Å². The maximum Gasteiger partial charge on any atom is 0.240 e. The Kier molecular flexibility index (Phi) is 6.57. The highest BCUT2D eigenvalue weighted by Gasteiger charge is 2.31. The van der Waals surface area contributed by atoms with E-state index in [1.165, 1.54) is 0 Å². The number of amides is 1. The molecule has 0 fully saturated rings. The Labute approximate surface area is 158 Å². The summed E-state index contributed by atoms with van der Waals surface area (Å²) in [5.74, 6) is 1.60. The summed E-state index contributed by atoms with van der Waals surface area (Å²) < 4.78 is 7.17. The number of carbonyl (C=O) groups is 1. The highest BCUT2D eigenvalue weighted by Crippen LogP contribution is 2.22. The van der Waals surface area contributed by atoms with E-state index in [1.807, 2.05) is 11.5 Å². The Balaban J connectivity index is 0.00000243. The van der Waals surface area contributed by atoms with Crippen molar-refractivity contribution in [1.29, 1.82) is 0 Å². The van der Waals surface area contributed by atoms with E-state index in [-0.39, 0.29) is 30.1 Å². The second-order valence-electron chi connectivity index (χ2n) is 6.38. The summed E-state index contributed by atoms with van der Waals surface area (Å²) in [7, 11) is 1.62. The highest BCUT2D eigenvalue weighted by atomic mass is 35.5. The van der Waals surface area contributed by atoms with Crippen molar-refractivity contribution in [3.8, 4) is 5.75 Å². The molecule has 8 nitrogen and oxygen atoms in total. The van der Waals surface area contributed by atoms with Crippen molar-refractivity contribution in [2.24, 2.45) is 5.73 Å². The van der Waals surface area contributed by atoms with E-state index >= 15 is 0 Å². The molecule has 0 radical (unpaired) electrons. The molecular weight excluding hydrogens is 358 g/mol. The minimum absolute atomic E-state index is 0. The molecule has 26 heavy (non-hydrogen) atoms. The molecule has 9 heteroatoms. The van der Waals surface area contributed by atoms with E-state index in [0.29, 0.717) is 26.1 Å². The SMILES string of the molecule is COCc1nnc2n1[C@@H](C)CN(C(=O)[C@@H](N)Cc1ccc(O)cc1)C2.Cl. The molecule has 1 aliphatic heterocycles. The molecule has 0 saturated carbocycles. The normalized spacial score (nSPS) is 17.3. The number of aromatic nitrogens is 3. The molecule has 3 N–H and O–H groups in total. The second-order valence-corrected chi connectivity index (χ2v) is 6.38. The lowest BCUT2D eigenvalue weighted by Gasteiger charge is -2.34. The zero-order chi connectivity index (χ0) is 18.0. The van der Waals surface area contributed by atoms with E-state index in [9.17, 15) is 9.90 Å². The van der Waals surface area contributed by atoms with Gasteiger partial charge in [0.1, 0.15) is 12.4 Å². The molecule has 0 spiro atoms. The first-order valence-electron chi connectivity index (χ1n) is 8.23. The second kappa shape index (κ2) is 8.48. The zero-order valence-corrected chi connectivity index (χ0v) is 15.6. The van der Waals surface area contributed by atoms with E-state index in [1.54, 1.807) is 36.3 Å². The maximum absolute atomic E-state index is 12.7. The number of carbonyl (C=O) groups excluding carboxylic acids is 1. The fourth-order valence-electron chi connectivity index (χ4n) is 3.22. The third-order valence-electron chi connectivity index (χ3n) is 4.39. The van der Waals surface area contributed by atoms with Gasteiger partial charge in [-0.3, -0.25) is 4.79 Å². The summed E-state index contributed by atoms with van der Waals surface area (Å²) in [6, 6.07) is 6.16. The number of aromatic hydroxyl groups is 1. The van der Waals surface area contributed by atoms with E-state index in [2.05, 4.69) is 10.2 Å². The first kappa shape index (κ1) is 20.2. The van der Waals surface area contributed by atoms with Crippen LogP contribution < -0.4 is 5.73 Å². The number of methoxy groups -OCH3 is 1. The fraction of sp³-hybridized carbons (Fsp3) is 0.471. The van der Waals surface area contributed by atoms with Crippen molar-refractivity contribution in [3.63, 3.8) is 0 Å². The summed E-state index contributed by atoms with van der Waals surface area (Å²) in [4.78, 5) is 14.5. The number of benzene rings is 1. The summed E-state index contributed by atoms with van der Waals surface area (Å²) in [6.45, 7) is 3.37. The molecule has 0 aliphatic carbocycles. The average molecular weight is 382 g/mol. The molecule has 2 atom stereocenters. The molecule has 142 valence electrons. The van der Waals surface area contributed by atoms with E-state index in [0.717, 1.165) is 17.2 Å². The summed E-state index contributed by atoms with van der Waals surface area (Å²) in [5, 5.41) is 17.7. The zero-order valence-electron chi connectivity index (χ0n) is 14.8. The number of rotatable bonds is 5. The van der Waals surface area contributed by atoms with Crippen LogP contribution in [-0.2, 0) is 29.1 Å². The average Bonchev–Trinajstić information content (AvgIpc) is 3.00. The minimum Gasteiger partial charge on any atom is -0.508 e. The molecule has 2 heterocycles. The maximum atomic E-state index is 12.7. The number of hydrogen-bond donors (Lipinski definition) is 2. The number of hydrogen-bond acceptors (Lipinski definition) is 6. The number of halogens is 1. The van der Waals surface area contributed by atoms with Gasteiger partial charge in [-0.15, -0.1) is 22.6 Å². The van der Waals surface area contributed by atoms with Crippen molar-refractivity contribution in [1.82, 2.24) is 19.7 Å². The Morgan fingerprint density at radius 2 is 2.08 bits per heavy atom. The Bertz CT molecular complexity index is 749. The van der Waals surface area contributed by atoms with Crippen molar-refractivity contribution in [3.05, 3.63) is 41.5 Å². The third-order valence-corrected chi connectivity index (χ3v) is 4.39. The van der Waals surface area contributed by atoms with Crippen LogP contribution in [-0.4, -0.2) is 50.4 Å². The van der Waals surface area contributed by atoms with Gasteiger partial charge in [-0.05, 0) is 31.0 Å². The van der Waals surface area contributed by atoms with Crippen molar-refractivity contribution in [2.45, 2.75) is 38.6 Å². The minimum atomic E-state index is -0.635. The molecule has 0 bridgehead atoms. The number of phenolic OH excluding ortho intramolecular Hbond substituents is 1. The van der Waals surface area contributed by atoms with Crippen LogP contribution in [0.5, 0.6) is 5.75 Å². The number of ether oxygens (including phenoxy) is 1. The van der Waals surface area contributed by atoms with Crippen molar-refractivity contribution >= 4 is 18.3 Å². The predicted molar refractivity (Wildman–Crippen MR) is 97.9 cm³/mol. The van der Waals surface area contributed by atoms with Gasteiger partial charge in [0, 0.05) is 13.7 Å². The monoisotopic (exact) mass is 381 g/mol. The molecule has 0 saturated heterocycles. The van der Waals surface area contributed by atoms with Crippen molar-refractivity contribution < 1.29 is 14.6 Å². The number of nitrogens with two attached hydrogens (primary N) is 1. The molecule has 1 amide bonds. The van der Waals surface area contributed by atoms with E-state index in [4.69, 9.17) is 10.5 Å². The summed E-state index contributed by atoms with van der Waals surface area (Å²) >= 11 is 0. The molecule has 1 aromatic carbocycles. The van der Waals surface area contributed by atoms with Crippen LogP contribution in [0, 0.1) is 0 Å². The third kappa shape index (κ3) is 4.14. The fourth-order valence-corrected chi connectivity index (χ4v) is 3.22. The molecular formula is C17H24ClN5O3. The topological polar surface area (TPSA) is 107 Å². The first-order chi connectivity index (χ1) is 12.0.